The minimum Gasteiger partial charge on any atom is -0.478 e. The number of carbonyl (C=O) groups is 1. The fourth-order valence-corrected chi connectivity index (χ4v) is 2.37. The number of hydrogen-bond donors (Lipinski definition) is 2. The zero-order valence-electron chi connectivity index (χ0n) is 11.6. The number of carboxylic acid groups (broad SMARTS) is 1. The smallest absolute Gasteiger partial charge is 0.339 e. The topological polar surface area (TPSA) is 65.5 Å². The van der Waals surface area contributed by atoms with Crippen LogP contribution in [-0.4, -0.2) is 48.1 Å². The maximum Gasteiger partial charge on any atom is 0.339 e. The van der Waals surface area contributed by atoms with Crippen LogP contribution >= 0.6 is 0 Å². The fraction of sp³-hybridized carbons (Fsp3) is 0.571. The lowest BCUT2D eigenvalue weighted by Gasteiger charge is -2.13. The molecule has 1 heterocycles. The molecule has 0 radical (unpaired) electrons. The third-order valence-corrected chi connectivity index (χ3v) is 3.36. The van der Waals surface area contributed by atoms with Gasteiger partial charge in [0.2, 0.25) is 0 Å². The van der Waals surface area contributed by atoms with E-state index < -0.39 is 5.97 Å². The molecule has 104 valence electrons. The van der Waals surface area contributed by atoms with Crippen LogP contribution in [0.4, 0.5) is 5.82 Å². The lowest BCUT2D eigenvalue weighted by molar-refractivity contribution is 0.0697. The minimum atomic E-state index is -0.905. The van der Waals surface area contributed by atoms with Gasteiger partial charge in [0, 0.05) is 12.2 Å². The van der Waals surface area contributed by atoms with Gasteiger partial charge in [-0.15, -0.1) is 0 Å². The second-order valence-electron chi connectivity index (χ2n) is 5.23. The van der Waals surface area contributed by atoms with Crippen LogP contribution in [0, 0.1) is 0 Å². The van der Waals surface area contributed by atoms with E-state index in [0.717, 1.165) is 50.0 Å². The zero-order valence-corrected chi connectivity index (χ0v) is 11.6. The number of anilines is 1. The van der Waals surface area contributed by atoms with Crippen LogP contribution in [0.1, 0.15) is 34.5 Å². The van der Waals surface area contributed by atoms with Crippen molar-refractivity contribution in [3.63, 3.8) is 0 Å². The summed E-state index contributed by atoms with van der Waals surface area (Å²) in [4.78, 5) is 17.9. The van der Waals surface area contributed by atoms with Gasteiger partial charge < -0.3 is 15.3 Å². The molecular formula is C14H21N3O2. The highest BCUT2D eigenvalue weighted by Crippen LogP contribution is 2.25. The van der Waals surface area contributed by atoms with Gasteiger partial charge in [-0.2, -0.15) is 0 Å². The molecule has 1 aromatic heterocycles. The Balaban J connectivity index is 2.08. The quantitative estimate of drug-likeness (QED) is 0.764. The maximum absolute atomic E-state index is 11.3. The van der Waals surface area contributed by atoms with Crippen LogP contribution in [0.5, 0.6) is 0 Å². The van der Waals surface area contributed by atoms with Gasteiger partial charge in [-0.1, -0.05) is 0 Å². The fourth-order valence-electron chi connectivity index (χ4n) is 2.37. The van der Waals surface area contributed by atoms with E-state index in [-0.39, 0.29) is 0 Å². The van der Waals surface area contributed by atoms with Gasteiger partial charge in [-0.25, -0.2) is 9.78 Å². The van der Waals surface area contributed by atoms with Crippen molar-refractivity contribution in [2.45, 2.75) is 25.7 Å². The van der Waals surface area contributed by atoms with Crippen molar-refractivity contribution in [2.75, 3.05) is 32.5 Å². The van der Waals surface area contributed by atoms with E-state index in [0.29, 0.717) is 11.4 Å². The van der Waals surface area contributed by atoms with Crippen LogP contribution in [0.2, 0.25) is 0 Å². The predicted octanol–water partition coefficient (Wildman–Crippen LogP) is 1.63. The number of rotatable bonds is 6. The van der Waals surface area contributed by atoms with Crippen molar-refractivity contribution < 1.29 is 9.90 Å². The summed E-state index contributed by atoms with van der Waals surface area (Å²) in [5, 5.41) is 12.4. The van der Waals surface area contributed by atoms with E-state index in [2.05, 4.69) is 15.2 Å². The van der Waals surface area contributed by atoms with Crippen LogP contribution in [-0.2, 0) is 12.8 Å². The Kier molecular flexibility index (Phi) is 4.37. The Morgan fingerprint density at radius 1 is 1.47 bits per heavy atom. The summed E-state index contributed by atoms with van der Waals surface area (Å²) in [6, 6.07) is 1.78. The SMILES string of the molecule is CN(C)CCCNc1nc2c(cc1C(=O)O)CCC2. The predicted molar refractivity (Wildman–Crippen MR) is 74.9 cm³/mol. The number of nitrogens with one attached hydrogen (secondary N) is 1. The van der Waals surface area contributed by atoms with Gasteiger partial charge in [0.1, 0.15) is 11.4 Å². The molecule has 0 atom stereocenters. The third-order valence-electron chi connectivity index (χ3n) is 3.36. The largest absolute Gasteiger partial charge is 0.478 e. The van der Waals surface area contributed by atoms with Crippen molar-refractivity contribution >= 4 is 11.8 Å². The standard InChI is InChI=1S/C14H21N3O2/c1-17(2)8-4-7-15-13-11(14(18)19)9-10-5-3-6-12(10)16-13/h9H,3-8H2,1-2H3,(H,15,16)(H,18,19). The number of carboxylic acids is 1. The molecule has 1 aromatic rings. The minimum absolute atomic E-state index is 0.297. The molecule has 5 heteroatoms. The van der Waals surface area contributed by atoms with Crippen LogP contribution in [0.3, 0.4) is 0 Å². The van der Waals surface area contributed by atoms with Gasteiger partial charge in [-0.05, 0) is 58.0 Å². The summed E-state index contributed by atoms with van der Waals surface area (Å²) in [6.07, 6.45) is 3.95. The molecule has 1 aliphatic carbocycles. The second-order valence-corrected chi connectivity index (χ2v) is 5.23. The summed E-state index contributed by atoms with van der Waals surface area (Å²) in [6.45, 7) is 1.71. The van der Waals surface area contributed by atoms with Gasteiger partial charge in [0.25, 0.3) is 0 Å². The summed E-state index contributed by atoms with van der Waals surface area (Å²) in [5.41, 5.74) is 2.45. The number of aromatic nitrogens is 1. The van der Waals surface area contributed by atoms with Gasteiger partial charge in [-0.3, -0.25) is 0 Å². The van der Waals surface area contributed by atoms with Gasteiger partial charge in [0.15, 0.2) is 0 Å². The molecular weight excluding hydrogens is 242 g/mol. The molecule has 0 aliphatic heterocycles. The average molecular weight is 263 g/mol. The molecule has 0 unspecified atom stereocenters. The first-order valence-corrected chi connectivity index (χ1v) is 6.72. The molecule has 1 aliphatic rings. The van der Waals surface area contributed by atoms with E-state index in [9.17, 15) is 9.90 Å². The monoisotopic (exact) mass is 263 g/mol. The zero-order chi connectivity index (χ0) is 13.8. The summed E-state index contributed by atoms with van der Waals surface area (Å²) in [7, 11) is 4.05. The van der Waals surface area contributed by atoms with E-state index in [1.807, 2.05) is 14.1 Å². The van der Waals surface area contributed by atoms with Crippen LogP contribution in [0.15, 0.2) is 6.07 Å². The number of aromatic carboxylic acids is 1. The van der Waals surface area contributed by atoms with Crippen LogP contribution < -0.4 is 5.32 Å². The average Bonchev–Trinajstić information content (AvgIpc) is 2.80. The molecule has 0 amide bonds. The number of fused-ring (bicyclic) bond motifs is 1. The molecule has 2 N–H and O–H groups in total. The normalized spacial score (nSPS) is 13.6. The summed E-state index contributed by atoms with van der Waals surface area (Å²) < 4.78 is 0. The Morgan fingerprint density at radius 3 is 2.95 bits per heavy atom. The lowest BCUT2D eigenvalue weighted by Crippen LogP contribution is -2.18. The first-order valence-electron chi connectivity index (χ1n) is 6.72. The second kappa shape index (κ2) is 6.02. The Hall–Kier alpha value is -1.62. The summed E-state index contributed by atoms with van der Waals surface area (Å²) >= 11 is 0. The van der Waals surface area contributed by atoms with E-state index in [1.165, 1.54) is 0 Å². The molecule has 0 spiro atoms. The van der Waals surface area contributed by atoms with Gasteiger partial charge in [0.05, 0.1) is 0 Å². The molecule has 0 bridgehead atoms. The highest BCUT2D eigenvalue weighted by Gasteiger charge is 2.19. The van der Waals surface area contributed by atoms with Crippen molar-refractivity contribution in [1.82, 2.24) is 9.88 Å². The van der Waals surface area contributed by atoms with Crippen molar-refractivity contribution in [2.24, 2.45) is 0 Å². The molecule has 0 saturated carbocycles. The molecule has 2 rings (SSSR count). The number of aryl methyl sites for hydroxylation is 2. The third kappa shape index (κ3) is 3.44. The van der Waals surface area contributed by atoms with Crippen LogP contribution in [0.25, 0.3) is 0 Å². The molecule has 5 nitrogen and oxygen atoms in total. The number of nitrogens with zero attached hydrogens (tertiary/aromatic N) is 2. The Morgan fingerprint density at radius 2 is 2.26 bits per heavy atom. The Bertz CT molecular complexity index is 472. The molecule has 19 heavy (non-hydrogen) atoms. The molecule has 0 saturated heterocycles. The summed E-state index contributed by atoms with van der Waals surface area (Å²) in [5.74, 6) is -0.385. The Labute approximate surface area is 113 Å². The first-order chi connectivity index (χ1) is 9.08. The van der Waals surface area contributed by atoms with E-state index in [4.69, 9.17) is 0 Å². The van der Waals surface area contributed by atoms with Crippen molar-refractivity contribution in [1.29, 1.82) is 0 Å². The lowest BCUT2D eigenvalue weighted by atomic mass is 10.1. The molecule has 0 aromatic carbocycles. The van der Waals surface area contributed by atoms with E-state index in [1.54, 1.807) is 6.07 Å². The number of pyridine rings is 1. The maximum atomic E-state index is 11.3. The highest BCUT2D eigenvalue weighted by atomic mass is 16.4. The van der Waals surface area contributed by atoms with E-state index >= 15 is 0 Å². The van der Waals surface area contributed by atoms with Crippen molar-refractivity contribution in [3.05, 3.63) is 22.9 Å². The highest BCUT2D eigenvalue weighted by molar-refractivity contribution is 5.93. The van der Waals surface area contributed by atoms with Crippen molar-refractivity contribution in [3.8, 4) is 0 Å². The molecule has 0 fully saturated rings. The van der Waals surface area contributed by atoms with Gasteiger partial charge >= 0.3 is 5.97 Å². The first kappa shape index (κ1) is 13.8. The number of hydrogen-bond acceptors (Lipinski definition) is 4.